The summed E-state index contributed by atoms with van der Waals surface area (Å²) in [6.07, 6.45) is 7.99. The van der Waals surface area contributed by atoms with E-state index in [9.17, 15) is 0 Å². The molecule has 0 saturated heterocycles. The summed E-state index contributed by atoms with van der Waals surface area (Å²) in [7, 11) is 0. The number of hydrogen-bond donors (Lipinski definition) is 0. The Kier molecular flexibility index (Phi) is 1.98. The molecule has 1 aliphatic carbocycles. The van der Waals surface area contributed by atoms with Gasteiger partial charge >= 0.3 is 60.8 Å². The Morgan fingerprint density at radius 1 is 1.33 bits per heavy atom. The van der Waals surface area contributed by atoms with Crippen molar-refractivity contribution in [3.63, 3.8) is 0 Å². The number of allylic oxidation sites excluding steroid dienone is 4. The van der Waals surface area contributed by atoms with E-state index < -0.39 is 16.6 Å². The first-order valence-corrected chi connectivity index (χ1v) is 8.93. The zero-order chi connectivity index (χ0) is 6.91. The maximum absolute atomic E-state index is 2.44. The van der Waals surface area contributed by atoms with Crippen LogP contribution >= 0.6 is 0 Å². The van der Waals surface area contributed by atoms with E-state index in [1.54, 1.807) is 3.88 Å². The van der Waals surface area contributed by atoms with Crippen LogP contribution in [0.15, 0.2) is 22.1 Å². The van der Waals surface area contributed by atoms with Crippen LogP contribution in [0.2, 0.25) is 15.7 Å². The van der Waals surface area contributed by atoms with Crippen LogP contribution in [0.4, 0.5) is 0 Å². The van der Waals surface area contributed by atoms with Crippen LogP contribution in [0.5, 0.6) is 0 Å². The SMILES string of the molecule is [CH3][Ti]([CH3])([CH3])[C]1=CC=CC1. The Hall–Kier alpha value is 0.194. The summed E-state index contributed by atoms with van der Waals surface area (Å²) in [4.78, 5) is 0. The van der Waals surface area contributed by atoms with Crippen LogP contribution < -0.4 is 0 Å². The normalized spacial score (nSPS) is 18.3. The Morgan fingerprint density at radius 2 is 2.00 bits per heavy atom. The zero-order valence-corrected chi connectivity index (χ0v) is 8.00. The van der Waals surface area contributed by atoms with Crippen LogP contribution in [0, 0.1) is 0 Å². The van der Waals surface area contributed by atoms with Crippen molar-refractivity contribution in [2.24, 2.45) is 0 Å². The minimum absolute atomic E-state index is 1.24. The molecule has 0 bridgehead atoms. The van der Waals surface area contributed by atoms with E-state index in [-0.39, 0.29) is 0 Å². The van der Waals surface area contributed by atoms with Gasteiger partial charge in [-0.05, 0) is 0 Å². The molecule has 9 heavy (non-hydrogen) atoms. The second-order valence-corrected chi connectivity index (χ2v) is 11.6. The van der Waals surface area contributed by atoms with E-state index in [2.05, 4.69) is 33.9 Å². The molecular weight excluding hydrogens is 144 g/mol. The molecule has 0 spiro atoms. The quantitative estimate of drug-likeness (QED) is 0.514. The zero-order valence-electron chi connectivity index (χ0n) is 6.44. The first-order chi connectivity index (χ1) is 4.11. The van der Waals surface area contributed by atoms with E-state index in [1.165, 1.54) is 6.42 Å². The second kappa shape index (κ2) is 2.44. The molecule has 0 heterocycles. The van der Waals surface area contributed by atoms with E-state index >= 15 is 0 Å². The van der Waals surface area contributed by atoms with Gasteiger partial charge < -0.3 is 0 Å². The van der Waals surface area contributed by atoms with Gasteiger partial charge in [0, 0.05) is 0 Å². The van der Waals surface area contributed by atoms with Gasteiger partial charge in [-0.15, -0.1) is 0 Å². The van der Waals surface area contributed by atoms with Gasteiger partial charge in [-0.1, -0.05) is 0 Å². The van der Waals surface area contributed by atoms with Gasteiger partial charge in [-0.3, -0.25) is 0 Å². The van der Waals surface area contributed by atoms with E-state index in [0.717, 1.165) is 0 Å². The molecule has 0 amide bonds. The molecule has 50 valence electrons. The first-order valence-electron chi connectivity index (χ1n) is 3.47. The predicted molar refractivity (Wildman–Crippen MR) is 39.4 cm³/mol. The summed E-state index contributed by atoms with van der Waals surface area (Å²) in [5.41, 5.74) is 0. The van der Waals surface area contributed by atoms with Gasteiger partial charge in [0.2, 0.25) is 0 Å². The molecule has 0 aromatic carbocycles. The summed E-state index contributed by atoms with van der Waals surface area (Å²) in [5, 5.41) is 7.33. The van der Waals surface area contributed by atoms with Gasteiger partial charge in [-0.2, -0.15) is 0 Å². The van der Waals surface area contributed by atoms with Crippen molar-refractivity contribution in [3.05, 3.63) is 22.1 Å². The third-order valence-electron chi connectivity index (χ3n) is 1.73. The molecule has 0 saturated carbocycles. The van der Waals surface area contributed by atoms with Crippen LogP contribution in [0.3, 0.4) is 0 Å². The van der Waals surface area contributed by atoms with Crippen LogP contribution in [0.1, 0.15) is 6.42 Å². The molecule has 0 unspecified atom stereocenters. The molecule has 0 aromatic rings. The Labute approximate surface area is 61.0 Å². The number of hydrogen-bond acceptors (Lipinski definition) is 0. The monoisotopic (exact) mass is 158 g/mol. The summed E-state index contributed by atoms with van der Waals surface area (Å²) in [5.74, 6) is 0. The van der Waals surface area contributed by atoms with Gasteiger partial charge in [0.05, 0.1) is 0 Å². The molecule has 0 aliphatic heterocycles. The van der Waals surface area contributed by atoms with Crippen molar-refractivity contribution in [2.45, 2.75) is 22.1 Å². The first kappa shape index (κ1) is 7.30. The average molecular weight is 158 g/mol. The summed E-state index contributed by atoms with van der Waals surface area (Å²) < 4.78 is 1.73. The third-order valence-corrected chi connectivity index (χ3v) is 5.32. The number of rotatable bonds is 1. The molecule has 1 aliphatic rings. The van der Waals surface area contributed by atoms with Crippen molar-refractivity contribution in [3.8, 4) is 0 Å². The molecule has 1 heteroatoms. The molecule has 0 aromatic heterocycles. The van der Waals surface area contributed by atoms with Gasteiger partial charge in [0.1, 0.15) is 0 Å². The van der Waals surface area contributed by atoms with Gasteiger partial charge in [0.25, 0.3) is 0 Å². The van der Waals surface area contributed by atoms with Crippen LogP contribution in [-0.2, 0) is 16.6 Å². The fourth-order valence-electron chi connectivity index (χ4n) is 1.00. The summed E-state index contributed by atoms with van der Waals surface area (Å²) in [6, 6.07) is 0. The van der Waals surface area contributed by atoms with Crippen molar-refractivity contribution in [1.29, 1.82) is 0 Å². The van der Waals surface area contributed by atoms with E-state index in [1.807, 2.05) is 0 Å². The molecule has 0 fully saturated rings. The summed E-state index contributed by atoms with van der Waals surface area (Å²) in [6.45, 7) is 0. The topological polar surface area (TPSA) is 0 Å². The standard InChI is InChI=1S/C5H5.3CH3.Ti/c1-2-4-5-3-1;;;;/h1-3H,4H2;3*1H3;. The maximum atomic E-state index is 2.44. The second-order valence-electron chi connectivity index (χ2n) is 3.57. The van der Waals surface area contributed by atoms with Gasteiger partial charge in [-0.25, -0.2) is 0 Å². The average Bonchev–Trinajstić information content (AvgIpc) is 2.08. The molecule has 0 atom stereocenters. The van der Waals surface area contributed by atoms with E-state index in [4.69, 9.17) is 0 Å². The third kappa shape index (κ3) is 1.81. The fraction of sp³-hybridized carbons (Fsp3) is 0.500. The van der Waals surface area contributed by atoms with E-state index in [0.29, 0.717) is 0 Å². The van der Waals surface area contributed by atoms with Crippen LogP contribution in [0.25, 0.3) is 0 Å². The van der Waals surface area contributed by atoms with Crippen LogP contribution in [-0.4, -0.2) is 0 Å². The van der Waals surface area contributed by atoms with Crippen molar-refractivity contribution in [2.75, 3.05) is 0 Å². The van der Waals surface area contributed by atoms with Crippen molar-refractivity contribution in [1.82, 2.24) is 0 Å². The fourth-order valence-corrected chi connectivity index (χ4v) is 3.07. The molecule has 0 radical (unpaired) electrons. The summed E-state index contributed by atoms with van der Waals surface area (Å²) >= 11 is -1.38. The Bertz CT molecular complexity index is 158. The molecular formula is C8H14Ti. The van der Waals surface area contributed by atoms with Crippen molar-refractivity contribution < 1.29 is 16.6 Å². The molecule has 0 N–H and O–H groups in total. The van der Waals surface area contributed by atoms with Crippen molar-refractivity contribution >= 4 is 0 Å². The van der Waals surface area contributed by atoms with Gasteiger partial charge in [0.15, 0.2) is 0 Å². The molecule has 0 nitrogen and oxygen atoms in total. The predicted octanol–water partition coefficient (Wildman–Crippen LogP) is 3.13. The Balaban J connectivity index is 2.66. The minimum atomic E-state index is -1.38. The molecule has 1 rings (SSSR count). The Morgan fingerprint density at radius 3 is 2.22 bits per heavy atom.